The Morgan fingerprint density at radius 2 is 1.81 bits per heavy atom. The van der Waals surface area contributed by atoms with Crippen LogP contribution in [-0.2, 0) is 6.42 Å². The standard InChI is InChI=1S/C18H22.C3H8/c1-18-11-4-7-17(18)16-9-8-13-5-2-3-6-14(13)15(16)10-12-18;1-3-2/h2-3,5-6,17H,4,7-12H2,1H3;3H2,1-2H3/t17?,18-;/m0./s1. The van der Waals surface area contributed by atoms with Gasteiger partial charge in [-0.05, 0) is 66.6 Å². The summed E-state index contributed by atoms with van der Waals surface area (Å²) < 4.78 is 0. The lowest BCUT2D eigenvalue weighted by Crippen LogP contribution is -2.29. The highest BCUT2D eigenvalue weighted by atomic mass is 14.5. The first kappa shape index (κ1) is 14.9. The lowest BCUT2D eigenvalue weighted by atomic mass is 9.63. The molecule has 2 atom stereocenters. The molecule has 1 aromatic carbocycles. The van der Waals surface area contributed by atoms with Crippen LogP contribution in [0.2, 0.25) is 0 Å². The van der Waals surface area contributed by atoms with Crippen LogP contribution in [0, 0.1) is 11.3 Å². The Kier molecular flexibility index (Phi) is 4.24. The molecule has 0 aliphatic heterocycles. The van der Waals surface area contributed by atoms with Crippen molar-refractivity contribution in [3.05, 3.63) is 41.0 Å². The van der Waals surface area contributed by atoms with E-state index < -0.39 is 0 Å². The van der Waals surface area contributed by atoms with Crippen molar-refractivity contribution < 1.29 is 0 Å². The van der Waals surface area contributed by atoms with Gasteiger partial charge in [-0.2, -0.15) is 0 Å². The summed E-state index contributed by atoms with van der Waals surface area (Å²) >= 11 is 0. The number of fused-ring (bicyclic) bond motifs is 4. The molecule has 0 N–H and O–H groups in total. The normalized spacial score (nSPS) is 30.0. The lowest BCUT2D eigenvalue weighted by molar-refractivity contribution is 0.226. The van der Waals surface area contributed by atoms with Gasteiger partial charge in [-0.1, -0.05) is 63.5 Å². The van der Waals surface area contributed by atoms with Crippen molar-refractivity contribution in [1.82, 2.24) is 0 Å². The van der Waals surface area contributed by atoms with Gasteiger partial charge in [-0.3, -0.25) is 0 Å². The second-order valence-corrected chi connectivity index (χ2v) is 7.47. The van der Waals surface area contributed by atoms with E-state index in [0.717, 1.165) is 5.92 Å². The second kappa shape index (κ2) is 5.99. The highest BCUT2D eigenvalue weighted by Crippen LogP contribution is 2.57. The Hall–Kier alpha value is -1.04. The van der Waals surface area contributed by atoms with Crippen LogP contribution in [0.25, 0.3) is 5.57 Å². The summed E-state index contributed by atoms with van der Waals surface area (Å²) in [5.41, 5.74) is 7.41. The highest BCUT2D eigenvalue weighted by molar-refractivity contribution is 5.74. The first-order chi connectivity index (χ1) is 10.2. The van der Waals surface area contributed by atoms with E-state index in [-0.39, 0.29) is 0 Å². The van der Waals surface area contributed by atoms with Gasteiger partial charge in [0.25, 0.3) is 0 Å². The van der Waals surface area contributed by atoms with E-state index in [4.69, 9.17) is 0 Å². The van der Waals surface area contributed by atoms with Crippen LogP contribution < -0.4 is 0 Å². The van der Waals surface area contributed by atoms with Crippen molar-refractivity contribution in [2.45, 2.75) is 72.1 Å². The summed E-state index contributed by atoms with van der Waals surface area (Å²) in [7, 11) is 0. The molecule has 1 saturated carbocycles. The molecule has 0 spiro atoms. The fourth-order valence-corrected chi connectivity index (χ4v) is 4.84. The molecule has 4 rings (SSSR count). The van der Waals surface area contributed by atoms with Crippen LogP contribution in [0.15, 0.2) is 29.8 Å². The van der Waals surface area contributed by atoms with E-state index in [0.29, 0.717) is 5.41 Å². The van der Waals surface area contributed by atoms with E-state index in [9.17, 15) is 0 Å². The Morgan fingerprint density at radius 1 is 1.05 bits per heavy atom. The zero-order chi connectivity index (χ0) is 14.9. The van der Waals surface area contributed by atoms with Gasteiger partial charge in [0, 0.05) is 0 Å². The molecule has 0 saturated heterocycles. The van der Waals surface area contributed by atoms with Crippen LogP contribution in [0.3, 0.4) is 0 Å². The van der Waals surface area contributed by atoms with Gasteiger partial charge in [0.1, 0.15) is 0 Å². The van der Waals surface area contributed by atoms with E-state index in [1.165, 1.54) is 51.4 Å². The summed E-state index contributed by atoms with van der Waals surface area (Å²) in [6.45, 7) is 6.80. The molecule has 0 heteroatoms. The Morgan fingerprint density at radius 3 is 2.62 bits per heavy atom. The van der Waals surface area contributed by atoms with Crippen LogP contribution in [0.1, 0.15) is 76.8 Å². The van der Waals surface area contributed by atoms with Gasteiger partial charge in [0.15, 0.2) is 0 Å². The Balaban J connectivity index is 0.000000409. The predicted molar refractivity (Wildman–Crippen MR) is 92.3 cm³/mol. The van der Waals surface area contributed by atoms with E-state index >= 15 is 0 Å². The molecular formula is C21H30. The monoisotopic (exact) mass is 282 g/mol. The summed E-state index contributed by atoms with van der Waals surface area (Å²) in [5.74, 6) is 0.912. The quantitative estimate of drug-likeness (QED) is 0.516. The fraction of sp³-hybridized carbons (Fsp3) is 0.619. The maximum absolute atomic E-state index is 2.55. The average molecular weight is 282 g/mol. The zero-order valence-electron chi connectivity index (χ0n) is 14.0. The highest BCUT2D eigenvalue weighted by Gasteiger charge is 2.44. The maximum Gasteiger partial charge on any atom is -0.0143 e. The molecule has 0 bridgehead atoms. The molecule has 3 aliphatic rings. The van der Waals surface area contributed by atoms with E-state index in [1.807, 2.05) is 5.57 Å². The van der Waals surface area contributed by atoms with Crippen LogP contribution in [-0.4, -0.2) is 0 Å². The largest absolute Gasteiger partial charge is 0.0656 e. The topological polar surface area (TPSA) is 0 Å². The number of hydrogen-bond donors (Lipinski definition) is 0. The SMILES string of the molecule is CCC.C[C@@]12CCCC1C1=C(CC2)c2ccccc2CC1. The van der Waals surface area contributed by atoms with E-state index in [1.54, 1.807) is 16.7 Å². The lowest BCUT2D eigenvalue weighted by Gasteiger charge is -2.42. The molecule has 1 aromatic rings. The summed E-state index contributed by atoms with van der Waals surface area (Å²) in [5, 5.41) is 0. The molecule has 1 fully saturated rings. The average Bonchev–Trinajstić information content (AvgIpc) is 2.89. The Bertz CT molecular complexity index is 537. The first-order valence-electron chi connectivity index (χ1n) is 8.99. The molecular weight excluding hydrogens is 252 g/mol. The van der Waals surface area contributed by atoms with Crippen molar-refractivity contribution in [3.63, 3.8) is 0 Å². The summed E-state index contributed by atoms with van der Waals surface area (Å²) in [6, 6.07) is 9.12. The van der Waals surface area contributed by atoms with Gasteiger partial charge in [-0.25, -0.2) is 0 Å². The number of benzene rings is 1. The number of rotatable bonds is 0. The van der Waals surface area contributed by atoms with Gasteiger partial charge in [0.2, 0.25) is 0 Å². The van der Waals surface area contributed by atoms with Gasteiger partial charge >= 0.3 is 0 Å². The summed E-state index contributed by atoms with van der Waals surface area (Å²) in [4.78, 5) is 0. The third-order valence-electron chi connectivity index (χ3n) is 5.84. The molecule has 0 heterocycles. The third-order valence-corrected chi connectivity index (χ3v) is 5.84. The van der Waals surface area contributed by atoms with Crippen molar-refractivity contribution in [2.75, 3.05) is 0 Å². The third kappa shape index (κ3) is 2.58. The van der Waals surface area contributed by atoms with Gasteiger partial charge < -0.3 is 0 Å². The molecule has 0 nitrogen and oxygen atoms in total. The fourth-order valence-electron chi connectivity index (χ4n) is 4.84. The van der Waals surface area contributed by atoms with Crippen molar-refractivity contribution in [2.24, 2.45) is 11.3 Å². The van der Waals surface area contributed by atoms with Crippen molar-refractivity contribution >= 4 is 5.57 Å². The number of hydrogen-bond acceptors (Lipinski definition) is 0. The molecule has 21 heavy (non-hydrogen) atoms. The summed E-state index contributed by atoms with van der Waals surface area (Å²) in [6.07, 6.45) is 11.0. The van der Waals surface area contributed by atoms with Crippen LogP contribution in [0.5, 0.6) is 0 Å². The minimum Gasteiger partial charge on any atom is -0.0656 e. The van der Waals surface area contributed by atoms with E-state index in [2.05, 4.69) is 45.0 Å². The minimum absolute atomic E-state index is 0.644. The van der Waals surface area contributed by atoms with Crippen molar-refractivity contribution in [3.8, 4) is 0 Å². The minimum atomic E-state index is 0.644. The van der Waals surface area contributed by atoms with Crippen LogP contribution >= 0.6 is 0 Å². The zero-order valence-corrected chi connectivity index (χ0v) is 14.0. The molecule has 0 radical (unpaired) electrons. The second-order valence-electron chi connectivity index (χ2n) is 7.47. The van der Waals surface area contributed by atoms with Crippen molar-refractivity contribution in [1.29, 1.82) is 0 Å². The maximum atomic E-state index is 2.55. The molecule has 3 aliphatic carbocycles. The van der Waals surface area contributed by atoms with Gasteiger partial charge in [0.05, 0.1) is 0 Å². The molecule has 0 amide bonds. The molecule has 114 valence electrons. The first-order valence-corrected chi connectivity index (χ1v) is 8.99. The number of aryl methyl sites for hydroxylation is 1. The Labute approximate surface area is 130 Å². The number of allylic oxidation sites excluding steroid dienone is 2. The van der Waals surface area contributed by atoms with Crippen LogP contribution in [0.4, 0.5) is 0 Å². The predicted octanol–water partition coefficient (Wildman–Crippen LogP) is 6.40. The molecule has 0 aromatic heterocycles. The smallest absolute Gasteiger partial charge is 0.0143 e. The van der Waals surface area contributed by atoms with Gasteiger partial charge in [-0.15, -0.1) is 0 Å². The molecule has 1 unspecified atom stereocenters.